The molecule has 2 saturated carbocycles. The molecule has 0 aromatic heterocycles. The number of halogens is 1. The largest absolute Gasteiger partial charge is 0.389 e. The molecule has 1 aromatic carbocycles. The lowest BCUT2D eigenvalue weighted by atomic mass is 10.1. The molecule has 2 aliphatic carbocycles. The van der Waals surface area contributed by atoms with Crippen LogP contribution in [0.5, 0.6) is 0 Å². The van der Waals surface area contributed by atoms with Crippen LogP contribution in [0.25, 0.3) is 0 Å². The van der Waals surface area contributed by atoms with E-state index in [0.717, 1.165) is 12.0 Å². The Morgan fingerprint density at radius 1 is 1.45 bits per heavy atom. The number of amides is 1. The predicted octanol–water partition coefficient (Wildman–Crippen LogP) is 1.83. The van der Waals surface area contributed by atoms with Gasteiger partial charge < -0.3 is 15.2 Å². The summed E-state index contributed by atoms with van der Waals surface area (Å²) >= 11 is 0. The van der Waals surface area contributed by atoms with Crippen LogP contribution in [0.4, 0.5) is 4.39 Å². The number of hydrogen-bond acceptors (Lipinski definition) is 3. The molecule has 2 fully saturated rings. The third kappa shape index (κ3) is 4.27. The lowest BCUT2D eigenvalue weighted by molar-refractivity contribution is -0.123. The molecule has 2 aliphatic rings. The van der Waals surface area contributed by atoms with Gasteiger partial charge in [-0.05, 0) is 48.8 Å². The molecule has 120 valence electrons. The molecule has 1 amide bonds. The molecule has 0 heterocycles. The Balaban J connectivity index is 1.36. The van der Waals surface area contributed by atoms with Crippen molar-refractivity contribution in [2.45, 2.75) is 31.3 Å². The zero-order valence-corrected chi connectivity index (χ0v) is 12.5. The van der Waals surface area contributed by atoms with E-state index in [1.165, 1.54) is 25.0 Å². The van der Waals surface area contributed by atoms with Crippen LogP contribution >= 0.6 is 0 Å². The normalized spacial score (nSPS) is 24.8. The second-order valence-corrected chi connectivity index (χ2v) is 6.38. The molecule has 3 rings (SSSR count). The summed E-state index contributed by atoms with van der Waals surface area (Å²) in [6, 6.07) is 6.40. The van der Waals surface area contributed by atoms with Crippen LogP contribution in [-0.4, -0.2) is 36.9 Å². The minimum absolute atomic E-state index is 0.0736. The van der Waals surface area contributed by atoms with Gasteiger partial charge in [0.05, 0.1) is 12.7 Å². The van der Waals surface area contributed by atoms with E-state index in [1.807, 2.05) is 6.07 Å². The van der Waals surface area contributed by atoms with E-state index >= 15 is 0 Å². The number of nitrogens with one attached hydrogen (secondary N) is 1. The van der Waals surface area contributed by atoms with Crippen LogP contribution in [0.15, 0.2) is 24.3 Å². The molecule has 0 bridgehead atoms. The van der Waals surface area contributed by atoms with Gasteiger partial charge in [0.25, 0.3) is 0 Å². The SMILES string of the molecule is O=C(NC[C@H](O)COCC1CC1)[C@@H]1C[C@H]1c1cccc(F)c1. The summed E-state index contributed by atoms with van der Waals surface area (Å²) in [6.07, 6.45) is 2.50. The van der Waals surface area contributed by atoms with Crippen molar-refractivity contribution >= 4 is 5.91 Å². The smallest absolute Gasteiger partial charge is 0.223 e. The van der Waals surface area contributed by atoms with Gasteiger partial charge >= 0.3 is 0 Å². The van der Waals surface area contributed by atoms with Gasteiger partial charge in [-0.15, -0.1) is 0 Å². The maximum atomic E-state index is 13.2. The summed E-state index contributed by atoms with van der Waals surface area (Å²) in [6.45, 7) is 1.17. The fraction of sp³-hybridized carbons (Fsp3) is 0.588. The van der Waals surface area contributed by atoms with Gasteiger partial charge in [0, 0.05) is 19.1 Å². The zero-order valence-electron chi connectivity index (χ0n) is 12.5. The van der Waals surface area contributed by atoms with Crippen molar-refractivity contribution in [3.63, 3.8) is 0 Å². The van der Waals surface area contributed by atoms with Crippen molar-refractivity contribution in [1.82, 2.24) is 5.32 Å². The van der Waals surface area contributed by atoms with Crippen molar-refractivity contribution < 1.29 is 19.0 Å². The van der Waals surface area contributed by atoms with Gasteiger partial charge in [0.15, 0.2) is 0 Å². The molecule has 0 unspecified atom stereocenters. The molecule has 1 aromatic rings. The highest BCUT2D eigenvalue weighted by atomic mass is 19.1. The predicted molar refractivity (Wildman–Crippen MR) is 79.8 cm³/mol. The van der Waals surface area contributed by atoms with Gasteiger partial charge in [0.2, 0.25) is 5.91 Å². The molecular formula is C17H22FNO3. The molecular weight excluding hydrogens is 285 g/mol. The number of ether oxygens (including phenoxy) is 1. The average molecular weight is 307 g/mol. The Kier molecular flexibility index (Phi) is 4.74. The van der Waals surface area contributed by atoms with Crippen molar-refractivity contribution in [1.29, 1.82) is 0 Å². The molecule has 0 spiro atoms. The number of carbonyl (C=O) groups is 1. The van der Waals surface area contributed by atoms with Crippen LogP contribution in [0, 0.1) is 17.7 Å². The topological polar surface area (TPSA) is 58.6 Å². The Labute approximate surface area is 129 Å². The maximum absolute atomic E-state index is 13.2. The number of aliphatic hydroxyl groups excluding tert-OH is 1. The Bertz CT molecular complexity index is 532. The molecule has 2 N–H and O–H groups in total. The van der Waals surface area contributed by atoms with E-state index in [2.05, 4.69) is 5.32 Å². The van der Waals surface area contributed by atoms with E-state index in [-0.39, 0.29) is 36.7 Å². The van der Waals surface area contributed by atoms with Crippen molar-refractivity contribution in [2.75, 3.05) is 19.8 Å². The second-order valence-electron chi connectivity index (χ2n) is 6.38. The first-order valence-corrected chi connectivity index (χ1v) is 7.92. The minimum atomic E-state index is -0.672. The summed E-state index contributed by atoms with van der Waals surface area (Å²) in [7, 11) is 0. The molecule has 22 heavy (non-hydrogen) atoms. The average Bonchev–Trinajstić information content (AvgIpc) is 3.37. The molecule has 4 nitrogen and oxygen atoms in total. The number of carbonyl (C=O) groups excluding carboxylic acids is 1. The molecule has 3 atom stereocenters. The summed E-state index contributed by atoms with van der Waals surface area (Å²) < 4.78 is 18.6. The van der Waals surface area contributed by atoms with E-state index < -0.39 is 6.10 Å². The number of rotatable bonds is 8. The highest BCUT2D eigenvalue weighted by molar-refractivity contribution is 5.82. The van der Waals surface area contributed by atoms with Crippen LogP contribution in [0.2, 0.25) is 0 Å². The summed E-state index contributed by atoms with van der Waals surface area (Å²) in [5.74, 6) is 0.308. The van der Waals surface area contributed by atoms with Crippen LogP contribution in [0.3, 0.4) is 0 Å². The van der Waals surface area contributed by atoms with Crippen LogP contribution < -0.4 is 5.32 Å². The number of benzene rings is 1. The second kappa shape index (κ2) is 6.75. The minimum Gasteiger partial charge on any atom is -0.389 e. The molecule has 0 saturated heterocycles. The fourth-order valence-corrected chi connectivity index (χ4v) is 2.65. The number of hydrogen-bond donors (Lipinski definition) is 2. The van der Waals surface area contributed by atoms with Gasteiger partial charge in [-0.3, -0.25) is 4.79 Å². The number of aliphatic hydroxyl groups is 1. The van der Waals surface area contributed by atoms with Gasteiger partial charge in [-0.1, -0.05) is 12.1 Å². The van der Waals surface area contributed by atoms with Crippen molar-refractivity contribution in [3.8, 4) is 0 Å². The summed E-state index contributed by atoms with van der Waals surface area (Å²) in [4.78, 5) is 12.0. The molecule has 0 aliphatic heterocycles. The standard InChI is InChI=1S/C17H22FNO3/c18-13-3-1-2-12(6-13)15-7-16(15)17(21)19-8-14(20)10-22-9-11-4-5-11/h1-3,6,11,14-16,20H,4-5,7-10H2,(H,19,21)/t14-,15-,16+/m0/s1. The fourth-order valence-electron chi connectivity index (χ4n) is 2.65. The van der Waals surface area contributed by atoms with Crippen molar-refractivity contribution in [2.24, 2.45) is 11.8 Å². The zero-order chi connectivity index (χ0) is 15.5. The first-order valence-electron chi connectivity index (χ1n) is 7.92. The third-order valence-electron chi connectivity index (χ3n) is 4.28. The lowest BCUT2D eigenvalue weighted by Crippen LogP contribution is -2.35. The highest BCUT2D eigenvalue weighted by Gasteiger charge is 2.43. The monoisotopic (exact) mass is 307 g/mol. The Morgan fingerprint density at radius 3 is 3.00 bits per heavy atom. The molecule has 5 heteroatoms. The summed E-state index contributed by atoms with van der Waals surface area (Å²) in [5, 5.41) is 12.5. The first-order chi connectivity index (χ1) is 10.6. The first kappa shape index (κ1) is 15.4. The van der Waals surface area contributed by atoms with Gasteiger partial charge in [-0.25, -0.2) is 4.39 Å². The van der Waals surface area contributed by atoms with Crippen LogP contribution in [0.1, 0.15) is 30.7 Å². The van der Waals surface area contributed by atoms with E-state index in [0.29, 0.717) is 12.5 Å². The summed E-state index contributed by atoms with van der Waals surface area (Å²) in [5.41, 5.74) is 0.869. The van der Waals surface area contributed by atoms with E-state index in [1.54, 1.807) is 6.07 Å². The van der Waals surface area contributed by atoms with E-state index in [4.69, 9.17) is 4.74 Å². The van der Waals surface area contributed by atoms with Gasteiger partial charge in [-0.2, -0.15) is 0 Å². The van der Waals surface area contributed by atoms with Gasteiger partial charge in [0.1, 0.15) is 5.82 Å². The Hall–Kier alpha value is -1.46. The van der Waals surface area contributed by atoms with Crippen LogP contribution in [-0.2, 0) is 9.53 Å². The quantitative estimate of drug-likeness (QED) is 0.770. The molecule has 0 radical (unpaired) electrons. The van der Waals surface area contributed by atoms with Crippen molar-refractivity contribution in [3.05, 3.63) is 35.6 Å². The highest BCUT2D eigenvalue weighted by Crippen LogP contribution is 2.47. The van der Waals surface area contributed by atoms with E-state index in [9.17, 15) is 14.3 Å². The Morgan fingerprint density at radius 2 is 2.27 bits per heavy atom. The third-order valence-corrected chi connectivity index (χ3v) is 4.28. The lowest BCUT2D eigenvalue weighted by Gasteiger charge is -2.12. The maximum Gasteiger partial charge on any atom is 0.223 e.